The van der Waals surface area contributed by atoms with Crippen molar-refractivity contribution in [3.63, 3.8) is 0 Å². The van der Waals surface area contributed by atoms with Gasteiger partial charge in [-0.2, -0.15) is 4.98 Å². The molecule has 1 N–H and O–H groups in total. The molecule has 1 heterocycles. The molecular formula is C11H9ClN4O3. The largest absolute Gasteiger partial charge is 0.433 e. The molecule has 2 aromatic rings. The van der Waals surface area contributed by atoms with Gasteiger partial charge in [0.15, 0.2) is 0 Å². The van der Waals surface area contributed by atoms with Gasteiger partial charge < -0.3 is 10.1 Å². The number of hydrogen-bond acceptors (Lipinski definition) is 6. The summed E-state index contributed by atoms with van der Waals surface area (Å²) in [6.45, 7) is 0. The first-order valence-electron chi connectivity index (χ1n) is 5.22. The van der Waals surface area contributed by atoms with Gasteiger partial charge in [-0.05, 0) is 18.2 Å². The molecule has 0 aliphatic heterocycles. The quantitative estimate of drug-likeness (QED) is 0.684. The molecular weight excluding hydrogens is 272 g/mol. The number of ether oxygens (including phenoxy) is 1. The summed E-state index contributed by atoms with van der Waals surface area (Å²) >= 11 is 5.81. The Bertz CT molecular complexity index is 621. The summed E-state index contributed by atoms with van der Waals surface area (Å²) in [4.78, 5) is 18.0. The van der Waals surface area contributed by atoms with Crippen LogP contribution in [0.4, 0.5) is 11.5 Å². The molecule has 19 heavy (non-hydrogen) atoms. The molecule has 0 aliphatic rings. The van der Waals surface area contributed by atoms with E-state index >= 15 is 0 Å². The van der Waals surface area contributed by atoms with Crippen LogP contribution in [-0.4, -0.2) is 21.9 Å². The number of nitrogens with zero attached hydrogens (tertiary/aromatic N) is 3. The Balaban J connectivity index is 2.42. The first-order chi connectivity index (χ1) is 9.11. The molecule has 0 radical (unpaired) electrons. The molecule has 0 atom stereocenters. The van der Waals surface area contributed by atoms with Gasteiger partial charge in [-0.25, -0.2) is 4.98 Å². The molecule has 0 saturated heterocycles. The molecule has 0 spiro atoms. The van der Waals surface area contributed by atoms with E-state index in [1.165, 1.54) is 19.4 Å². The minimum absolute atomic E-state index is 0.0806. The molecule has 0 aliphatic carbocycles. The van der Waals surface area contributed by atoms with E-state index in [4.69, 9.17) is 16.3 Å². The van der Waals surface area contributed by atoms with Crippen LogP contribution in [0.5, 0.6) is 11.6 Å². The number of rotatable bonds is 4. The molecule has 2 rings (SSSR count). The van der Waals surface area contributed by atoms with Crippen molar-refractivity contribution in [2.75, 3.05) is 12.4 Å². The highest BCUT2D eigenvalue weighted by atomic mass is 35.5. The SMILES string of the molecule is CNc1ncnc(Oc2cccc(Cl)c2)c1[N+](=O)[O-]. The molecule has 0 amide bonds. The van der Waals surface area contributed by atoms with Crippen LogP contribution in [0.15, 0.2) is 30.6 Å². The van der Waals surface area contributed by atoms with Crippen LogP contribution >= 0.6 is 11.6 Å². The van der Waals surface area contributed by atoms with Gasteiger partial charge in [0.05, 0.1) is 4.92 Å². The zero-order valence-corrected chi connectivity index (χ0v) is 10.6. The summed E-state index contributed by atoms with van der Waals surface area (Å²) < 4.78 is 5.38. The Hall–Kier alpha value is -2.41. The molecule has 1 aromatic heterocycles. The van der Waals surface area contributed by atoms with Crippen LogP contribution in [0, 0.1) is 10.1 Å². The lowest BCUT2D eigenvalue weighted by Gasteiger charge is -2.07. The van der Waals surface area contributed by atoms with Crippen LogP contribution < -0.4 is 10.1 Å². The molecule has 0 bridgehead atoms. The van der Waals surface area contributed by atoms with E-state index < -0.39 is 4.92 Å². The fraction of sp³-hybridized carbons (Fsp3) is 0.0909. The van der Waals surface area contributed by atoms with Gasteiger partial charge >= 0.3 is 11.6 Å². The van der Waals surface area contributed by atoms with E-state index in [0.29, 0.717) is 10.8 Å². The maximum Gasteiger partial charge on any atom is 0.373 e. The minimum atomic E-state index is -0.605. The molecule has 98 valence electrons. The van der Waals surface area contributed by atoms with Gasteiger partial charge in [0.1, 0.15) is 12.1 Å². The van der Waals surface area contributed by atoms with E-state index in [1.807, 2.05) is 0 Å². The van der Waals surface area contributed by atoms with Crippen molar-refractivity contribution in [3.8, 4) is 11.6 Å². The number of halogens is 1. The topological polar surface area (TPSA) is 90.2 Å². The van der Waals surface area contributed by atoms with E-state index in [1.54, 1.807) is 18.2 Å². The average Bonchev–Trinajstić information content (AvgIpc) is 2.38. The zero-order chi connectivity index (χ0) is 13.8. The van der Waals surface area contributed by atoms with Gasteiger partial charge in [-0.15, -0.1) is 0 Å². The second kappa shape index (κ2) is 5.49. The van der Waals surface area contributed by atoms with Crippen molar-refractivity contribution >= 4 is 23.1 Å². The summed E-state index contributed by atoms with van der Waals surface area (Å²) in [6.07, 6.45) is 1.18. The third-order valence-corrected chi connectivity index (χ3v) is 2.45. The van der Waals surface area contributed by atoms with Gasteiger partial charge in [-0.1, -0.05) is 17.7 Å². The number of anilines is 1. The number of benzene rings is 1. The van der Waals surface area contributed by atoms with Gasteiger partial charge in [-0.3, -0.25) is 10.1 Å². The van der Waals surface area contributed by atoms with E-state index in [0.717, 1.165) is 0 Å². The van der Waals surface area contributed by atoms with Crippen LogP contribution in [0.25, 0.3) is 0 Å². The summed E-state index contributed by atoms with van der Waals surface area (Å²) in [6, 6.07) is 6.49. The van der Waals surface area contributed by atoms with Crippen molar-refractivity contribution in [2.24, 2.45) is 0 Å². The molecule has 0 unspecified atom stereocenters. The second-order valence-corrected chi connectivity index (χ2v) is 3.88. The first kappa shape index (κ1) is 13.0. The highest BCUT2D eigenvalue weighted by Gasteiger charge is 2.24. The van der Waals surface area contributed by atoms with Crippen molar-refractivity contribution in [1.29, 1.82) is 0 Å². The number of nitrogens with one attached hydrogen (secondary N) is 1. The van der Waals surface area contributed by atoms with Crippen LogP contribution in [0.3, 0.4) is 0 Å². The van der Waals surface area contributed by atoms with E-state index in [-0.39, 0.29) is 17.4 Å². The van der Waals surface area contributed by atoms with Crippen molar-refractivity contribution in [1.82, 2.24) is 9.97 Å². The van der Waals surface area contributed by atoms with Gasteiger partial charge in [0.2, 0.25) is 5.82 Å². The van der Waals surface area contributed by atoms with E-state index in [9.17, 15) is 10.1 Å². The molecule has 7 nitrogen and oxygen atoms in total. The van der Waals surface area contributed by atoms with Crippen molar-refractivity contribution in [3.05, 3.63) is 45.7 Å². The molecule has 0 fully saturated rings. The standard InChI is InChI=1S/C11H9ClN4O3/c1-13-10-9(16(17)18)11(15-6-14-10)19-8-4-2-3-7(12)5-8/h2-6H,1H3,(H,13,14,15). The normalized spacial score (nSPS) is 10.0. The molecule has 0 saturated carbocycles. The third kappa shape index (κ3) is 2.89. The monoisotopic (exact) mass is 280 g/mol. The van der Waals surface area contributed by atoms with Crippen molar-refractivity contribution in [2.45, 2.75) is 0 Å². The lowest BCUT2D eigenvalue weighted by Crippen LogP contribution is -2.03. The van der Waals surface area contributed by atoms with Gasteiger partial charge in [0.25, 0.3) is 0 Å². The second-order valence-electron chi connectivity index (χ2n) is 3.44. The fourth-order valence-corrected chi connectivity index (χ4v) is 1.61. The minimum Gasteiger partial charge on any atom is -0.433 e. The summed E-state index contributed by atoms with van der Waals surface area (Å²) in [5.41, 5.74) is -0.329. The fourth-order valence-electron chi connectivity index (χ4n) is 1.43. The predicted molar refractivity (Wildman–Crippen MR) is 69.8 cm³/mol. The van der Waals surface area contributed by atoms with Gasteiger partial charge in [0, 0.05) is 12.1 Å². The zero-order valence-electron chi connectivity index (χ0n) is 9.83. The first-order valence-corrected chi connectivity index (χ1v) is 5.60. The lowest BCUT2D eigenvalue weighted by atomic mass is 10.3. The number of hydrogen-bond donors (Lipinski definition) is 1. The Morgan fingerprint density at radius 1 is 1.42 bits per heavy atom. The van der Waals surface area contributed by atoms with Crippen molar-refractivity contribution < 1.29 is 9.66 Å². The maximum atomic E-state index is 11.0. The summed E-state index contributed by atoms with van der Waals surface area (Å²) in [5, 5.41) is 14.1. The highest BCUT2D eigenvalue weighted by Crippen LogP contribution is 2.34. The van der Waals surface area contributed by atoms with Crippen LogP contribution in [0.2, 0.25) is 5.02 Å². The molecule has 1 aromatic carbocycles. The Morgan fingerprint density at radius 2 is 2.21 bits per heavy atom. The summed E-state index contributed by atoms with van der Waals surface area (Å²) in [7, 11) is 1.53. The number of aromatic nitrogens is 2. The smallest absolute Gasteiger partial charge is 0.373 e. The average molecular weight is 281 g/mol. The Kier molecular flexibility index (Phi) is 3.76. The molecule has 8 heteroatoms. The van der Waals surface area contributed by atoms with Crippen LogP contribution in [-0.2, 0) is 0 Å². The Labute approximate surface area is 113 Å². The number of nitro groups is 1. The third-order valence-electron chi connectivity index (χ3n) is 2.22. The Morgan fingerprint density at radius 3 is 2.84 bits per heavy atom. The predicted octanol–water partition coefficient (Wildman–Crippen LogP) is 2.87. The lowest BCUT2D eigenvalue weighted by molar-refractivity contribution is -0.385. The highest BCUT2D eigenvalue weighted by molar-refractivity contribution is 6.30. The van der Waals surface area contributed by atoms with Crippen LogP contribution in [0.1, 0.15) is 0 Å². The maximum absolute atomic E-state index is 11.0. The summed E-state index contributed by atoms with van der Waals surface area (Å²) in [5.74, 6) is 0.292. The van der Waals surface area contributed by atoms with E-state index in [2.05, 4.69) is 15.3 Å².